The molecule has 1 heterocycles. The summed E-state index contributed by atoms with van der Waals surface area (Å²) in [7, 11) is 1.64. The van der Waals surface area contributed by atoms with E-state index in [1.54, 1.807) is 18.0 Å². The second-order valence-electron chi connectivity index (χ2n) is 4.20. The molecule has 0 atom stereocenters. The number of nitrogen functional groups attached to an aromatic ring is 1. The maximum absolute atomic E-state index is 11.7. The van der Waals surface area contributed by atoms with E-state index < -0.39 is 11.8 Å². The lowest BCUT2D eigenvalue weighted by molar-refractivity contribution is -0.155. The lowest BCUT2D eigenvalue weighted by Crippen LogP contribution is -2.52. The zero-order valence-electron chi connectivity index (χ0n) is 9.72. The zero-order chi connectivity index (χ0) is 12.4. The normalized spacial score (nSPS) is 16.5. The molecular weight excluding hydrogens is 218 g/mol. The SMILES string of the molecule is CN1CCN(Cc2cccc(N)c2)C(=O)C1=O. The van der Waals surface area contributed by atoms with Gasteiger partial charge in [0.1, 0.15) is 0 Å². The first-order valence-corrected chi connectivity index (χ1v) is 5.46. The number of hydrogen-bond acceptors (Lipinski definition) is 3. The fraction of sp³-hybridized carbons (Fsp3) is 0.333. The number of nitrogens with two attached hydrogens (primary N) is 1. The minimum absolute atomic E-state index is 0.434. The highest BCUT2D eigenvalue weighted by Crippen LogP contribution is 2.12. The van der Waals surface area contributed by atoms with Crippen LogP contribution in [0.25, 0.3) is 0 Å². The maximum atomic E-state index is 11.7. The molecule has 5 nitrogen and oxygen atoms in total. The molecule has 1 saturated heterocycles. The molecule has 0 spiro atoms. The van der Waals surface area contributed by atoms with Crippen molar-refractivity contribution in [3.63, 3.8) is 0 Å². The molecule has 2 rings (SSSR count). The lowest BCUT2D eigenvalue weighted by atomic mass is 10.1. The molecule has 1 aromatic carbocycles. The molecule has 5 heteroatoms. The van der Waals surface area contributed by atoms with Crippen LogP contribution in [0.5, 0.6) is 0 Å². The highest BCUT2D eigenvalue weighted by molar-refractivity contribution is 6.35. The minimum Gasteiger partial charge on any atom is -0.399 e. The number of likely N-dealkylation sites (N-methyl/N-ethyl adjacent to an activating group) is 1. The van der Waals surface area contributed by atoms with Gasteiger partial charge >= 0.3 is 11.8 Å². The quantitative estimate of drug-likeness (QED) is 0.580. The highest BCUT2D eigenvalue weighted by Gasteiger charge is 2.29. The van der Waals surface area contributed by atoms with Gasteiger partial charge in [-0.15, -0.1) is 0 Å². The highest BCUT2D eigenvalue weighted by atomic mass is 16.2. The Kier molecular flexibility index (Phi) is 2.99. The predicted octanol–water partition coefficient (Wildman–Crippen LogP) is 0.0694. The third-order valence-electron chi connectivity index (χ3n) is 2.85. The van der Waals surface area contributed by atoms with Crippen LogP contribution in [0.15, 0.2) is 24.3 Å². The summed E-state index contributed by atoms with van der Waals surface area (Å²) in [5, 5.41) is 0. The number of carbonyl (C=O) groups excluding carboxylic acids is 2. The Morgan fingerprint density at radius 1 is 1.24 bits per heavy atom. The molecule has 1 aliphatic heterocycles. The molecule has 0 aliphatic carbocycles. The summed E-state index contributed by atoms with van der Waals surface area (Å²) in [6, 6.07) is 7.34. The monoisotopic (exact) mass is 233 g/mol. The standard InChI is InChI=1S/C12H15N3O2/c1-14-5-6-15(12(17)11(14)16)8-9-3-2-4-10(13)7-9/h2-4,7H,5-6,8,13H2,1H3. The van der Waals surface area contributed by atoms with Gasteiger partial charge in [0.25, 0.3) is 0 Å². The van der Waals surface area contributed by atoms with Crippen molar-refractivity contribution in [3.8, 4) is 0 Å². The zero-order valence-corrected chi connectivity index (χ0v) is 9.72. The van der Waals surface area contributed by atoms with Crippen LogP contribution in [-0.2, 0) is 16.1 Å². The number of anilines is 1. The van der Waals surface area contributed by atoms with Gasteiger partial charge in [-0.1, -0.05) is 12.1 Å². The number of benzene rings is 1. The van der Waals surface area contributed by atoms with Crippen molar-refractivity contribution < 1.29 is 9.59 Å². The number of nitrogens with zero attached hydrogens (tertiary/aromatic N) is 2. The Hall–Kier alpha value is -2.04. The predicted molar refractivity (Wildman–Crippen MR) is 63.9 cm³/mol. The van der Waals surface area contributed by atoms with E-state index in [0.29, 0.717) is 25.3 Å². The number of rotatable bonds is 2. The smallest absolute Gasteiger partial charge is 0.312 e. The van der Waals surface area contributed by atoms with E-state index in [2.05, 4.69) is 0 Å². The van der Waals surface area contributed by atoms with E-state index >= 15 is 0 Å². The van der Waals surface area contributed by atoms with E-state index in [-0.39, 0.29) is 0 Å². The first-order valence-electron chi connectivity index (χ1n) is 5.46. The molecule has 1 fully saturated rings. The van der Waals surface area contributed by atoms with Gasteiger partial charge in [-0.05, 0) is 17.7 Å². The average Bonchev–Trinajstić information content (AvgIpc) is 2.30. The molecule has 1 aliphatic rings. The van der Waals surface area contributed by atoms with Gasteiger partial charge in [-0.25, -0.2) is 0 Å². The Labute approximate surface area is 99.8 Å². The van der Waals surface area contributed by atoms with Crippen LogP contribution in [0.2, 0.25) is 0 Å². The summed E-state index contributed by atoms with van der Waals surface area (Å²) in [5.41, 5.74) is 7.27. The first-order chi connectivity index (χ1) is 8.08. The molecule has 0 aromatic heterocycles. The van der Waals surface area contributed by atoms with Crippen molar-refractivity contribution in [1.82, 2.24) is 9.80 Å². The molecule has 0 bridgehead atoms. The first kappa shape index (κ1) is 11.4. The topological polar surface area (TPSA) is 66.6 Å². The number of piperazine rings is 1. The van der Waals surface area contributed by atoms with Crippen molar-refractivity contribution in [1.29, 1.82) is 0 Å². The van der Waals surface area contributed by atoms with Gasteiger partial charge in [0.15, 0.2) is 0 Å². The van der Waals surface area contributed by atoms with Crippen LogP contribution < -0.4 is 5.73 Å². The maximum Gasteiger partial charge on any atom is 0.312 e. The largest absolute Gasteiger partial charge is 0.399 e. The third-order valence-corrected chi connectivity index (χ3v) is 2.85. The summed E-state index contributed by atoms with van der Waals surface area (Å²) < 4.78 is 0. The average molecular weight is 233 g/mol. The molecule has 0 saturated carbocycles. The summed E-state index contributed by atoms with van der Waals surface area (Å²) in [6.45, 7) is 1.58. The lowest BCUT2D eigenvalue weighted by Gasteiger charge is -2.31. The van der Waals surface area contributed by atoms with Crippen LogP contribution in [0, 0.1) is 0 Å². The Balaban J connectivity index is 2.09. The van der Waals surface area contributed by atoms with E-state index in [1.165, 1.54) is 4.90 Å². The minimum atomic E-state index is -0.444. The number of carbonyl (C=O) groups is 2. The Morgan fingerprint density at radius 3 is 2.71 bits per heavy atom. The van der Waals surface area contributed by atoms with Crippen molar-refractivity contribution in [2.45, 2.75) is 6.54 Å². The van der Waals surface area contributed by atoms with Crippen molar-refractivity contribution in [3.05, 3.63) is 29.8 Å². The van der Waals surface area contributed by atoms with Gasteiger partial charge in [0.05, 0.1) is 0 Å². The van der Waals surface area contributed by atoms with E-state index in [0.717, 1.165) is 5.56 Å². The van der Waals surface area contributed by atoms with E-state index in [9.17, 15) is 9.59 Å². The second-order valence-corrected chi connectivity index (χ2v) is 4.20. The van der Waals surface area contributed by atoms with E-state index in [4.69, 9.17) is 5.73 Å². The molecule has 1 aromatic rings. The fourth-order valence-corrected chi connectivity index (χ4v) is 1.84. The van der Waals surface area contributed by atoms with Crippen LogP contribution in [-0.4, -0.2) is 41.8 Å². The molecule has 0 radical (unpaired) electrons. The summed E-state index contributed by atoms with van der Waals surface area (Å²) in [6.07, 6.45) is 0. The molecule has 90 valence electrons. The van der Waals surface area contributed by atoms with Gasteiger partial charge in [0, 0.05) is 32.4 Å². The number of amides is 2. The molecule has 0 unspecified atom stereocenters. The molecule has 2 N–H and O–H groups in total. The van der Waals surface area contributed by atoms with Crippen molar-refractivity contribution in [2.75, 3.05) is 25.9 Å². The number of hydrogen-bond donors (Lipinski definition) is 1. The van der Waals surface area contributed by atoms with E-state index in [1.807, 2.05) is 18.2 Å². The third kappa shape index (κ3) is 2.38. The fourth-order valence-electron chi connectivity index (χ4n) is 1.84. The summed E-state index contributed by atoms with van der Waals surface area (Å²) in [5.74, 6) is -0.888. The van der Waals surface area contributed by atoms with Gasteiger partial charge < -0.3 is 15.5 Å². The molecule has 2 amide bonds. The van der Waals surface area contributed by atoms with Crippen molar-refractivity contribution >= 4 is 17.5 Å². The summed E-state index contributed by atoms with van der Waals surface area (Å²) >= 11 is 0. The van der Waals surface area contributed by atoms with Crippen molar-refractivity contribution in [2.24, 2.45) is 0 Å². The molecule has 17 heavy (non-hydrogen) atoms. The van der Waals surface area contributed by atoms with Gasteiger partial charge in [-0.3, -0.25) is 9.59 Å². The van der Waals surface area contributed by atoms with Crippen LogP contribution in [0.4, 0.5) is 5.69 Å². The van der Waals surface area contributed by atoms with Gasteiger partial charge in [-0.2, -0.15) is 0 Å². The van der Waals surface area contributed by atoms with Crippen LogP contribution >= 0.6 is 0 Å². The van der Waals surface area contributed by atoms with Crippen LogP contribution in [0.1, 0.15) is 5.56 Å². The Bertz CT molecular complexity index is 459. The second kappa shape index (κ2) is 4.45. The Morgan fingerprint density at radius 2 is 2.00 bits per heavy atom. The molecular formula is C12H15N3O2. The van der Waals surface area contributed by atoms with Crippen LogP contribution in [0.3, 0.4) is 0 Å². The summed E-state index contributed by atoms with van der Waals surface area (Å²) in [4.78, 5) is 26.2. The van der Waals surface area contributed by atoms with Gasteiger partial charge in [0.2, 0.25) is 0 Å².